The van der Waals surface area contributed by atoms with Crippen LogP contribution in [0.2, 0.25) is 0 Å². The summed E-state index contributed by atoms with van der Waals surface area (Å²) in [7, 11) is 0. The SMILES string of the molecule is CC=CC=CCC=CCCCCCCCCCc1cc(O)ccc1O. The maximum absolute atomic E-state index is 9.73. The van der Waals surface area contributed by atoms with E-state index in [0.717, 1.165) is 24.8 Å². The first-order valence-electron chi connectivity index (χ1n) is 9.67. The predicted octanol–water partition coefficient (Wildman–Crippen LogP) is 6.84. The van der Waals surface area contributed by atoms with Crippen LogP contribution in [0.25, 0.3) is 0 Å². The van der Waals surface area contributed by atoms with E-state index in [9.17, 15) is 10.2 Å². The number of aryl methyl sites for hydroxylation is 1. The standard InChI is InChI=1S/C23H34O2/c1-2-3-4-5-6-7-8-9-10-11-12-13-14-15-16-17-21-20-22(24)18-19-23(21)25/h2-5,7-8,18-20,24-25H,6,9-17H2,1H3. The molecule has 138 valence electrons. The molecule has 0 spiro atoms. The number of benzene rings is 1. The average molecular weight is 343 g/mol. The third-order valence-corrected chi connectivity index (χ3v) is 4.26. The molecule has 0 saturated heterocycles. The van der Waals surface area contributed by atoms with Gasteiger partial charge in [-0.25, -0.2) is 0 Å². The fourth-order valence-corrected chi connectivity index (χ4v) is 2.79. The maximum atomic E-state index is 9.73. The molecule has 0 radical (unpaired) electrons. The van der Waals surface area contributed by atoms with Crippen molar-refractivity contribution in [1.82, 2.24) is 0 Å². The molecule has 0 atom stereocenters. The lowest BCUT2D eigenvalue weighted by molar-refractivity contribution is 0.452. The van der Waals surface area contributed by atoms with E-state index in [0.29, 0.717) is 5.75 Å². The first-order valence-corrected chi connectivity index (χ1v) is 9.67. The highest BCUT2D eigenvalue weighted by Crippen LogP contribution is 2.24. The zero-order valence-electron chi connectivity index (χ0n) is 15.7. The van der Waals surface area contributed by atoms with Gasteiger partial charge in [-0.1, -0.05) is 68.6 Å². The van der Waals surface area contributed by atoms with Gasteiger partial charge in [0, 0.05) is 0 Å². The summed E-state index contributed by atoms with van der Waals surface area (Å²) in [6, 6.07) is 4.76. The van der Waals surface area contributed by atoms with Gasteiger partial charge >= 0.3 is 0 Å². The number of hydrogen-bond acceptors (Lipinski definition) is 2. The van der Waals surface area contributed by atoms with Crippen LogP contribution in [0.1, 0.15) is 70.3 Å². The highest BCUT2D eigenvalue weighted by Gasteiger charge is 2.02. The van der Waals surface area contributed by atoms with Crippen LogP contribution < -0.4 is 0 Å². The first-order chi connectivity index (χ1) is 12.2. The highest BCUT2D eigenvalue weighted by atomic mass is 16.3. The van der Waals surface area contributed by atoms with Crippen molar-refractivity contribution in [1.29, 1.82) is 0 Å². The van der Waals surface area contributed by atoms with Crippen molar-refractivity contribution < 1.29 is 10.2 Å². The number of aromatic hydroxyl groups is 2. The van der Waals surface area contributed by atoms with Gasteiger partial charge in [-0.05, 0) is 62.8 Å². The highest BCUT2D eigenvalue weighted by molar-refractivity contribution is 5.38. The number of unbranched alkanes of at least 4 members (excludes halogenated alkanes) is 7. The zero-order chi connectivity index (χ0) is 18.2. The van der Waals surface area contributed by atoms with Gasteiger partial charge in [0.25, 0.3) is 0 Å². The van der Waals surface area contributed by atoms with Crippen molar-refractivity contribution in [3.8, 4) is 11.5 Å². The van der Waals surface area contributed by atoms with E-state index in [1.807, 2.05) is 13.0 Å². The molecule has 0 unspecified atom stereocenters. The minimum atomic E-state index is 0.232. The largest absolute Gasteiger partial charge is 0.508 e. The minimum Gasteiger partial charge on any atom is -0.508 e. The molecule has 1 rings (SSSR count). The van der Waals surface area contributed by atoms with Gasteiger partial charge in [-0.2, -0.15) is 0 Å². The van der Waals surface area contributed by atoms with E-state index in [1.54, 1.807) is 12.1 Å². The summed E-state index contributed by atoms with van der Waals surface area (Å²) < 4.78 is 0. The molecule has 0 heterocycles. The lowest BCUT2D eigenvalue weighted by atomic mass is 10.0. The number of allylic oxidation sites excluding steroid dienone is 6. The van der Waals surface area contributed by atoms with Crippen LogP contribution in [-0.2, 0) is 6.42 Å². The topological polar surface area (TPSA) is 40.5 Å². The summed E-state index contributed by atoms with van der Waals surface area (Å²) in [6.45, 7) is 2.03. The van der Waals surface area contributed by atoms with E-state index in [-0.39, 0.29) is 5.75 Å². The summed E-state index contributed by atoms with van der Waals surface area (Å²) in [6.07, 6.45) is 24.7. The van der Waals surface area contributed by atoms with Crippen LogP contribution in [0.3, 0.4) is 0 Å². The molecule has 2 N–H and O–H groups in total. The Balaban J connectivity index is 1.92. The maximum Gasteiger partial charge on any atom is 0.119 e. The summed E-state index contributed by atoms with van der Waals surface area (Å²) in [5.41, 5.74) is 0.854. The smallest absolute Gasteiger partial charge is 0.119 e. The fraction of sp³-hybridized carbons (Fsp3) is 0.478. The zero-order valence-corrected chi connectivity index (χ0v) is 15.7. The Bertz CT molecular complexity index is 541. The molecule has 0 aliphatic rings. The molecule has 2 heteroatoms. The fourth-order valence-electron chi connectivity index (χ4n) is 2.79. The second kappa shape index (κ2) is 14.4. The Morgan fingerprint density at radius 1 is 0.800 bits per heavy atom. The Morgan fingerprint density at radius 3 is 2.28 bits per heavy atom. The van der Waals surface area contributed by atoms with E-state index < -0.39 is 0 Å². The minimum absolute atomic E-state index is 0.232. The first kappa shape index (κ1) is 21.1. The second-order valence-electron chi connectivity index (χ2n) is 6.49. The molecule has 0 amide bonds. The third kappa shape index (κ3) is 11.3. The monoisotopic (exact) mass is 342 g/mol. The average Bonchev–Trinajstić information content (AvgIpc) is 2.61. The summed E-state index contributed by atoms with van der Waals surface area (Å²) >= 11 is 0. The lowest BCUT2D eigenvalue weighted by Gasteiger charge is -2.05. The number of rotatable bonds is 13. The third-order valence-electron chi connectivity index (χ3n) is 4.26. The van der Waals surface area contributed by atoms with Crippen molar-refractivity contribution in [3.63, 3.8) is 0 Å². The van der Waals surface area contributed by atoms with Gasteiger partial charge < -0.3 is 10.2 Å². The molecule has 0 aliphatic heterocycles. The van der Waals surface area contributed by atoms with Crippen molar-refractivity contribution in [2.75, 3.05) is 0 Å². The van der Waals surface area contributed by atoms with Crippen molar-refractivity contribution in [2.24, 2.45) is 0 Å². The van der Waals surface area contributed by atoms with Crippen LogP contribution in [0, 0.1) is 0 Å². The van der Waals surface area contributed by atoms with Gasteiger partial charge in [0.1, 0.15) is 11.5 Å². The molecule has 0 fully saturated rings. The second-order valence-corrected chi connectivity index (χ2v) is 6.49. The van der Waals surface area contributed by atoms with Crippen LogP contribution in [0.4, 0.5) is 0 Å². The van der Waals surface area contributed by atoms with Gasteiger partial charge in [0.15, 0.2) is 0 Å². The molecule has 0 aromatic heterocycles. The van der Waals surface area contributed by atoms with Gasteiger partial charge in [-0.3, -0.25) is 0 Å². The Morgan fingerprint density at radius 2 is 1.52 bits per heavy atom. The lowest BCUT2D eigenvalue weighted by Crippen LogP contribution is -1.87. The summed E-state index contributed by atoms with van der Waals surface area (Å²) in [5.74, 6) is 0.527. The van der Waals surface area contributed by atoms with Crippen molar-refractivity contribution in [3.05, 3.63) is 60.2 Å². The van der Waals surface area contributed by atoms with Crippen LogP contribution in [0.15, 0.2) is 54.7 Å². The summed E-state index contributed by atoms with van der Waals surface area (Å²) in [4.78, 5) is 0. The normalized spacial score (nSPS) is 12.0. The van der Waals surface area contributed by atoms with E-state index in [2.05, 4.69) is 30.4 Å². The van der Waals surface area contributed by atoms with Gasteiger partial charge in [0.2, 0.25) is 0 Å². The molecular weight excluding hydrogens is 308 g/mol. The molecule has 1 aromatic carbocycles. The molecule has 0 aliphatic carbocycles. The Labute approximate surface area is 153 Å². The van der Waals surface area contributed by atoms with E-state index in [4.69, 9.17) is 0 Å². The summed E-state index contributed by atoms with van der Waals surface area (Å²) in [5, 5.41) is 19.2. The quantitative estimate of drug-likeness (QED) is 0.178. The number of phenols is 2. The van der Waals surface area contributed by atoms with Gasteiger partial charge in [0.05, 0.1) is 0 Å². The molecule has 0 saturated carbocycles. The number of hydrogen-bond donors (Lipinski definition) is 2. The number of phenolic OH excluding ortho intramolecular Hbond substituents is 2. The van der Waals surface area contributed by atoms with E-state index >= 15 is 0 Å². The van der Waals surface area contributed by atoms with Crippen LogP contribution in [-0.4, -0.2) is 10.2 Å². The Hall–Kier alpha value is -1.96. The molecule has 2 nitrogen and oxygen atoms in total. The van der Waals surface area contributed by atoms with Gasteiger partial charge in [-0.15, -0.1) is 0 Å². The molecule has 25 heavy (non-hydrogen) atoms. The van der Waals surface area contributed by atoms with Crippen molar-refractivity contribution in [2.45, 2.75) is 71.1 Å². The molecule has 0 bridgehead atoms. The molecular formula is C23H34O2. The Kier molecular flexibility index (Phi) is 12.1. The van der Waals surface area contributed by atoms with Crippen LogP contribution >= 0.6 is 0 Å². The van der Waals surface area contributed by atoms with Crippen LogP contribution in [0.5, 0.6) is 11.5 Å². The van der Waals surface area contributed by atoms with Crippen molar-refractivity contribution >= 4 is 0 Å². The molecule has 1 aromatic rings. The predicted molar refractivity (Wildman–Crippen MR) is 108 cm³/mol. The van der Waals surface area contributed by atoms with E-state index in [1.165, 1.54) is 51.0 Å².